The van der Waals surface area contributed by atoms with Crippen LogP contribution in [-0.2, 0) is 19.3 Å². The maximum Gasteiger partial charge on any atom is 0.160 e. The molecule has 244 valence electrons. The van der Waals surface area contributed by atoms with E-state index in [0.29, 0.717) is 6.42 Å². The molecule has 2 aromatic heterocycles. The van der Waals surface area contributed by atoms with Crippen LogP contribution in [0.25, 0.3) is 33.2 Å². The van der Waals surface area contributed by atoms with E-state index in [9.17, 15) is 0 Å². The van der Waals surface area contributed by atoms with E-state index in [1.807, 2.05) is 12.1 Å². The molecule has 0 aliphatic carbocycles. The second-order valence-electron chi connectivity index (χ2n) is 12.8. The number of ether oxygens (including phenoxy) is 2. The molecule has 2 N–H and O–H groups in total. The lowest BCUT2D eigenvalue weighted by Gasteiger charge is -2.23. The Hall–Kier alpha value is -4.72. The summed E-state index contributed by atoms with van der Waals surface area (Å²) in [5.41, 5.74) is 16.1. The van der Waals surface area contributed by atoms with Crippen molar-refractivity contribution in [2.45, 2.75) is 93.4 Å². The van der Waals surface area contributed by atoms with E-state index in [0.717, 1.165) is 106 Å². The summed E-state index contributed by atoms with van der Waals surface area (Å²) in [6, 6.07) is 12.7. The largest absolute Gasteiger partial charge is 0.496 e. The predicted molar refractivity (Wildman–Crippen MR) is 190 cm³/mol. The van der Waals surface area contributed by atoms with Gasteiger partial charge < -0.3 is 9.47 Å². The maximum atomic E-state index is 7.11. The highest BCUT2D eigenvalue weighted by Crippen LogP contribution is 2.44. The summed E-state index contributed by atoms with van der Waals surface area (Å²) in [4.78, 5) is 0. The number of H-pyrrole nitrogens is 2. The number of methoxy groups -OCH3 is 1. The van der Waals surface area contributed by atoms with Crippen molar-refractivity contribution in [2.75, 3.05) is 7.11 Å². The predicted octanol–water partition coefficient (Wildman–Crippen LogP) is 9.52. The molecule has 6 rings (SSSR count). The van der Waals surface area contributed by atoms with Crippen LogP contribution in [0.2, 0.25) is 0 Å². The maximum absolute atomic E-state index is 7.11. The quantitative estimate of drug-likeness (QED) is 0.140. The van der Waals surface area contributed by atoms with Gasteiger partial charge in [-0.2, -0.15) is 30.8 Å². The second-order valence-corrected chi connectivity index (χ2v) is 12.8. The third-order valence-corrected chi connectivity index (χ3v) is 9.91. The zero-order chi connectivity index (χ0) is 33.2. The van der Waals surface area contributed by atoms with Crippen molar-refractivity contribution < 1.29 is 9.47 Å². The summed E-state index contributed by atoms with van der Waals surface area (Å²) in [6.07, 6.45) is 6.90. The van der Waals surface area contributed by atoms with Gasteiger partial charge in [0.2, 0.25) is 0 Å². The molecule has 4 aromatic carbocycles. The van der Waals surface area contributed by atoms with Crippen LogP contribution in [-0.4, -0.2) is 37.9 Å². The third-order valence-electron chi connectivity index (χ3n) is 9.91. The molecule has 0 bridgehead atoms. The smallest absolute Gasteiger partial charge is 0.160 e. The molecule has 0 unspecified atom stereocenters. The monoisotopic (exact) mass is 630 g/mol. The van der Waals surface area contributed by atoms with E-state index in [4.69, 9.17) is 9.47 Å². The van der Waals surface area contributed by atoms with Crippen molar-refractivity contribution in [3.8, 4) is 28.4 Å². The van der Waals surface area contributed by atoms with Crippen molar-refractivity contribution in [3.05, 3.63) is 86.5 Å². The molecule has 0 fully saturated rings. The molecule has 0 atom stereocenters. The van der Waals surface area contributed by atoms with Crippen LogP contribution in [0, 0.1) is 34.6 Å². The van der Waals surface area contributed by atoms with Gasteiger partial charge in [-0.15, -0.1) is 0 Å². The Kier molecular flexibility index (Phi) is 9.30. The van der Waals surface area contributed by atoms with E-state index in [1.54, 1.807) is 7.11 Å². The number of rotatable bonds is 12. The van der Waals surface area contributed by atoms with Crippen LogP contribution < -0.4 is 9.47 Å². The molecule has 0 saturated heterocycles. The molecule has 47 heavy (non-hydrogen) atoms. The summed E-state index contributed by atoms with van der Waals surface area (Å²) < 4.78 is 13.2. The first kappa shape index (κ1) is 32.2. The molecular weight excluding hydrogens is 584 g/mol. The number of nitrogens with zero attached hydrogens (tertiary/aromatic N) is 4. The molecule has 0 saturated carbocycles. The fourth-order valence-corrected chi connectivity index (χ4v) is 6.86. The standard InChI is InChI=1S/C39H46N6O2/c1-9-11-13-27-16-15-22(3)37(46-8)34(27)33-28(17-19-31-35(33)42-44-40-31)21-29-18-20-32-36(43-45-41-32)39(29)47-38-26(7)24(5)23(4)25(6)30(38)14-12-10-2/h15-20H,9-14,21H2,1-8H3,(H,40,42,44)(H,41,43,45). The fourth-order valence-electron chi connectivity index (χ4n) is 6.86. The number of unbranched alkanes of at least 4 members (excludes halogenated alkanes) is 2. The first-order chi connectivity index (χ1) is 22.8. The first-order valence-electron chi connectivity index (χ1n) is 16.9. The van der Waals surface area contributed by atoms with Gasteiger partial charge in [-0.3, -0.25) is 0 Å². The lowest BCUT2D eigenvalue weighted by molar-refractivity contribution is 0.413. The lowest BCUT2D eigenvalue weighted by Crippen LogP contribution is -2.06. The number of hydrogen-bond donors (Lipinski definition) is 2. The Morgan fingerprint density at radius 1 is 0.574 bits per heavy atom. The van der Waals surface area contributed by atoms with E-state index < -0.39 is 0 Å². The second kappa shape index (κ2) is 13.6. The number of aryl methyl sites for hydroxylation is 2. The van der Waals surface area contributed by atoms with Gasteiger partial charge >= 0.3 is 0 Å². The summed E-state index contributed by atoms with van der Waals surface area (Å²) in [6.45, 7) is 15.4. The summed E-state index contributed by atoms with van der Waals surface area (Å²) >= 11 is 0. The Morgan fingerprint density at radius 3 is 1.89 bits per heavy atom. The van der Waals surface area contributed by atoms with Crippen molar-refractivity contribution in [3.63, 3.8) is 0 Å². The number of benzene rings is 4. The number of fused-ring (bicyclic) bond motifs is 2. The number of aromatic nitrogens is 6. The van der Waals surface area contributed by atoms with Crippen LogP contribution in [0.1, 0.15) is 89.6 Å². The molecule has 0 amide bonds. The highest BCUT2D eigenvalue weighted by atomic mass is 16.5. The average Bonchev–Trinajstić information content (AvgIpc) is 3.76. The Bertz CT molecular complexity index is 2070. The molecule has 0 aliphatic heterocycles. The molecular formula is C39H46N6O2. The average molecular weight is 631 g/mol. The minimum Gasteiger partial charge on any atom is -0.496 e. The van der Waals surface area contributed by atoms with Crippen molar-refractivity contribution >= 4 is 22.1 Å². The van der Waals surface area contributed by atoms with Crippen molar-refractivity contribution in [1.82, 2.24) is 30.8 Å². The number of hydrogen-bond acceptors (Lipinski definition) is 6. The van der Waals surface area contributed by atoms with Gasteiger partial charge in [-0.05, 0) is 117 Å². The minimum absolute atomic E-state index is 0.591. The molecule has 0 spiro atoms. The van der Waals surface area contributed by atoms with Crippen LogP contribution >= 0.6 is 0 Å². The lowest BCUT2D eigenvalue weighted by atomic mass is 9.87. The van der Waals surface area contributed by atoms with E-state index in [-0.39, 0.29) is 0 Å². The molecule has 8 nitrogen and oxygen atoms in total. The van der Waals surface area contributed by atoms with Gasteiger partial charge in [0.25, 0.3) is 0 Å². The van der Waals surface area contributed by atoms with E-state index in [2.05, 4.69) is 104 Å². The first-order valence-corrected chi connectivity index (χ1v) is 16.9. The van der Waals surface area contributed by atoms with Gasteiger partial charge in [-0.1, -0.05) is 51.0 Å². The minimum atomic E-state index is 0.591. The van der Waals surface area contributed by atoms with Gasteiger partial charge in [0.1, 0.15) is 28.0 Å². The topological polar surface area (TPSA) is 102 Å². The van der Waals surface area contributed by atoms with Crippen LogP contribution in [0.3, 0.4) is 0 Å². The van der Waals surface area contributed by atoms with Crippen molar-refractivity contribution in [2.24, 2.45) is 0 Å². The highest BCUT2D eigenvalue weighted by molar-refractivity contribution is 5.97. The molecule has 0 radical (unpaired) electrons. The van der Waals surface area contributed by atoms with Gasteiger partial charge in [0.05, 0.1) is 7.11 Å². The Morgan fingerprint density at radius 2 is 1.19 bits per heavy atom. The number of nitrogens with one attached hydrogen (secondary N) is 2. The molecule has 0 aliphatic rings. The summed E-state index contributed by atoms with van der Waals surface area (Å²) in [5, 5.41) is 23.9. The van der Waals surface area contributed by atoms with Crippen LogP contribution in [0.5, 0.6) is 17.2 Å². The van der Waals surface area contributed by atoms with Gasteiger partial charge in [0, 0.05) is 23.1 Å². The molecule has 2 heterocycles. The SMILES string of the molecule is CCCCc1ccc(C)c(OC)c1-c1c(Cc2ccc3n[nH]nc3c2Oc2c(C)c(C)c(C)c(C)c2CCCC)ccc2n[nH]nc12. The molecule has 6 aromatic rings. The fraction of sp³-hybridized carbons (Fsp3) is 0.385. The normalized spacial score (nSPS) is 11.6. The summed E-state index contributed by atoms with van der Waals surface area (Å²) in [7, 11) is 1.76. The zero-order valence-corrected chi connectivity index (χ0v) is 29.0. The number of aromatic amines is 2. The highest BCUT2D eigenvalue weighted by Gasteiger charge is 2.25. The van der Waals surface area contributed by atoms with E-state index >= 15 is 0 Å². The zero-order valence-electron chi connectivity index (χ0n) is 29.0. The third kappa shape index (κ3) is 5.86. The van der Waals surface area contributed by atoms with Crippen LogP contribution in [0.4, 0.5) is 0 Å². The van der Waals surface area contributed by atoms with Gasteiger partial charge in [-0.25, -0.2) is 0 Å². The van der Waals surface area contributed by atoms with Crippen molar-refractivity contribution in [1.29, 1.82) is 0 Å². The molecule has 8 heteroatoms. The van der Waals surface area contributed by atoms with E-state index in [1.165, 1.54) is 33.4 Å². The van der Waals surface area contributed by atoms with Crippen LogP contribution in [0.15, 0.2) is 36.4 Å². The Labute approximate surface area is 277 Å². The Balaban J connectivity index is 1.56. The van der Waals surface area contributed by atoms with Gasteiger partial charge in [0.15, 0.2) is 11.3 Å². The summed E-state index contributed by atoms with van der Waals surface area (Å²) in [5.74, 6) is 2.54.